The first-order valence-corrected chi connectivity index (χ1v) is 7.30. The molecule has 0 unspecified atom stereocenters. The summed E-state index contributed by atoms with van der Waals surface area (Å²) in [6.45, 7) is 3.09. The minimum absolute atomic E-state index is 0.773. The Balaban J connectivity index is 1.76. The van der Waals surface area contributed by atoms with Gasteiger partial charge in [0.15, 0.2) is 0 Å². The molecule has 0 fully saturated rings. The van der Waals surface area contributed by atoms with Crippen LogP contribution >= 0.6 is 23.4 Å². The molecule has 1 nitrogen and oxygen atoms in total. The molecule has 0 atom stereocenters. The fraction of sp³-hybridized carbons (Fsp3) is 0.200. The van der Waals surface area contributed by atoms with Crippen molar-refractivity contribution >= 4 is 29.1 Å². The topological polar surface area (TPSA) is 12.0 Å². The molecule has 1 N–H and O–H groups in total. The van der Waals surface area contributed by atoms with Crippen molar-refractivity contribution in [2.24, 2.45) is 0 Å². The largest absolute Gasteiger partial charge is 0.384 e. The lowest BCUT2D eigenvalue weighted by Crippen LogP contribution is -2.03. The van der Waals surface area contributed by atoms with E-state index in [1.165, 1.54) is 10.5 Å². The van der Waals surface area contributed by atoms with E-state index in [0.29, 0.717) is 0 Å². The molecule has 94 valence electrons. The fourth-order valence-electron chi connectivity index (χ4n) is 1.64. The molecule has 0 amide bonds. The summed E-state index contributed by atoms with van der Waals surface area (Å²) in [6.07, 6.45) is 0. The van der Waals surface area contributed by atoms with Gasteiger partial charge in [-0.2, -0.15) is 0 Å². The first-order valence-electron chi connectivity index (χ1n) is 5.93. The van der Waals surface area contributed by atoms with E-state index >= 15 is 0 Å². The highest BCUT2D eigenvalue weighted by atomic mass is 35.5. The van der Waals surface area contributed by atoms with Gasteiger partial charge in [0.1, 0.15) is 0 Å². The van der Waals surface area contributed by atoms with Gasteiger partial charge in [-0.3, -0.25) is 0 Å². The van der Waals surface area contributed by atoms with Crippen LogP contribution in [0, 0.1) is 6.92 Å². The van der Waals surface area contributed by atoms with Crippen molar-refractivity contribution in [1.29, 1.82) is 0 Å². The van der Waals surface area contributed by atoms with Crippen molar-refractivity contribution in [2.45, 2.75) is 11.8 Å². The molecule has 2 rings (SSSR count). The summed E-state index contributed by atoms with van der Waals surface area (Å²) in [6, 6.07) is 16.3. The Morgan fingerprint density at radius 1 is 1.06 bits per heavy atom. The highest BCUT2D eigenvalue weighted by molar-refractivity contribution is 7.99. The number of halogens is 1. The number of nitrogens with one attached hydrogen (secondary N) is 1. The normalized spacial score (nSPS) is 10.3. The van der Waals surface area contributed by atoms with Gasteiger partial charge in [-0.25, -0.2) is 0 Å². The molecule has 0 aliphatic rings. The van der Waals surface area contributed by atoms with E-state index in [2.05, 4.69) is 36.5 Å². The lowest BCUT2D eigenvalue weighted by atomic mass is 10.2. The van der Waals surface area contributed by atoms with Crippen LogP contribution in [-0.4, -0.2) is 12.3 Å². The van der Waals surface area contributed by atoms with E-state index < -0.39 is 0 Å². The third-order valence-corrected chi connectivity index (χ3v) is 4.06. The van der Waals surface area contributed by atoms with E-state index in [-0.39, 0.29) is 0 Å². The molecule has 0 aliphatic heterocycles. The van der Waals surface area contributed by atoms with E-state index in [1.807, 2.05) is 36.0 Å². The van der Waals surface area contributed by atoms with Crippen LogP contribution in [0.25, 0.3) is 0 Å². The Hall–Kier alpha value is -1.12. The van der Waals surface area contributed by atoms with Crippen molar-refractivity contribution in [1.82, 2.24) is 0 Å². The minimum atomic E-state index is 0.773. The molecule has 0 heterocycles. The van der Waals surface area contributed by atoms with E-state index in [0.717, 1.165) is 23.0 Å². The number of benzene rings is 2. The van der Waals surface area contributed by atoms with Crippen LogP contribution < -0.4 is 5.32 Å². The van der Waals surface area contributed by atoms with Crippen LogP contribution in [0.1, 0.15) is 5.56 Å². The van der Waals surface area contributed by atoms with Crippen molar-refractivity contribution < 1.29 is 0 Å². The van der Waals surface area contributed by atoms with Crippen molar-refractivity contribution in [3.8, 4) is 0 Å². The number of hydrogen-bond acceptors (Lipinski definition) is 2. The lowest BCUT2D eigenvalue weighted by Gasteiger charge is -2.07. The maximum atomic E-state index is 5.84. The third-order valence-electron chi connectivity index (χ3n) is 2.63. The molecule has 0 spiro atoms. The first kappa shape index (κ1) is 13.3. The van der Waals surface area contributed by atoms with Crippen LogP contribution in [0.5, 0.6) is 0 Å². The van der Waals surface area contributed by atoms with Gasteiger partial charge >= 0.3 is 0 Å². The van der Waals surface area contributed by atoms with Crippen LogP contribution in [0.2, 0.25) is 5.02 Å². The second kappa shape index (κ2) is 6.72. The predicted molar refractivity (Wildman–Crippen MR) is 81.8 cm³/mol. The van der Waals surface area contributed by atoms with Crippen molar-refractivity contribution in [2.75, 3.05) is 17.6 Å². The van der Waals surface area contributed by atoms with Crippen LogP contribution in [-0.2, 0) is 0 Å². The van der Waals surface area contributed by atoms with Crippen LogP contribution in [0.4, 0.5) is 5.69 Å². The van der Waals surface area contributed by atoms with Gasteiger partial charge in [0.2, 0.25) is 0 Å². The molecule has 0 aliphatic carbocycles. The molecule has 18 heavy (non-hydrogen) atoms. The van der Waals surface area contributed by atoms with E-state index in [1.54, 1.807) is 0 Å². The van der Waals surface area contributed by atoms with Crippen molar-refractivity contribution in [3.63, 3.8) is 0 Å². The highest BCUT2D eigenvalue weighted by Gasteiger charge is 1.97. The molecule has 2 aromatic carbocycles. The van der Waals surface area contributed by atoms with Gasteiger partial charge in [0, 0.05) is 27.9 Å². The molecule has 3 heteroatoms. The molecule has 0 saturated heterocycles. The fourth-order valence-corrected chi connectivity index (χ4v) is 2.66. The summed E-state index contributed by atoms with van der Waals surface area (Å²) < 4.78 is 0. The zero-order valence-electron chi connectivity index (χ0n) is 10.3. The van der Waals surface area contributed by atoms with Crippen LogP contribution in [0.15, 0.2) is 53.4 Å². The summed E-state index contributed by atoms with van der Waals surface area (Å²) in [7, 11) is 0. The number of anilines is 1. The second-order valence-electron chi connectivity index (χ2n) is 4.05. The molecule has 0 bridgehead atoms. The third kappa shape index (κ3) is 3.97. The zero-order chi connectivity index (χ0) is 12.8. The summed E-state index contributed by atoms with van der Waals surface area (Å²) in [5, 5.41) is 4.16. The van der Waals surface area contributed by atoms with Crippen molar-refractivity contribution in [3.05, 3.63) is 59.1 Å². The Morgan fingerprint density at radius 3 is 2.50 bits per heavy atom. The molecular weight excluding hydrogens is 262 g/mol. The average molecular weight is 278 g/mol. The Bertz CT molecular complexity index is 496. The van der Waals surface area contributed by atoms with Gasteiger partial charge in [-0.1, -0.05) is 29.8 Å². The molecule has 0 saturated carbocycles. The summed E-state index contributed by atoms with van der Waals surface area (Å²) in [4.78, 5) is 1.36. The molecule has 0 radical (unpaired) electrons. The Labute approximate surface area is 118 Å². The second-order valence-corrected chi connectivity index (χ2v) is 5.62. The SMILES string of the molecule is Cc1ccccc1SCCNc1ccc(Cl)cc1. The first-order chi connectivity index (χ1) is 8.75. The van der Waals surface area contributed by atoms with E-state index in [4.69, 9.17) is 11.6 Å². The molecular formula is C15H16ClNS. The highest BCUT2D eigenvalue weighted by Crippen LogP contribution is 2.21. The summed E-state index contributed by atoms with van der Waals surface area (Å²) >= 11 is 7.72. The predicted octanol–water partition coefficient (Wildman–Crippen LogP) is 4.85. The quantitative estimate of drug-likeness (QED) is 0.619. The Kier molecular flexibility index (Phi) is 4.97. The standard InChI is InChI=1S/C15H16ClNS/c1-12-4-2-3-5-15(12)18-11-10-17-14-8-6-13(16)7-9-14/h2-9,17H,10-11H2,1H3. The van der Waals surface area contributed by atoms with Gasteiger partial charge in [0.05, 0.1) is 0 Å². The van der Waals surface area contributed by atoms with Gasteiger partial charge in [0.25, 0.3) is 0 Å². The molecule has 2 aromatic rings. The zero-order valence-corrected chi connectivity index (χ0v) is 11.9. The number of rotatable bonds is 5. The monoisotopic (exact) mass is 277 g/mol. The maximum absolute atomic E-state index is 5.84. The summed E-state index contributed by atoms with van der Waals surface area (Å²) in [5.74, 6) is 1.05. The average Bonchev–Trinajstić information content (AvgIpc) is 2.39. The lowest BCUT2D eigenvalue weighted by molar-refractivity contribution is 1.21. The number of aryl methyl sites for hydroxylation is 1. The van der Waals surface area contributed by atoms with Gasteiger partial charge in [-0.15, -0.1) is 11.8 Å². The smallest absolute Gasteiger partial charge is 0.0407 e. The molecule has 0 aromatic heterocycles. The van der Waals surface area contributed by atoms with Crippen LogP contribution in [0.3, 0.4) is 0 Å². The minimum Gasteiger partial charge on any atom is -0.384 e. The number of hydrogen-bond donors (Lipinski definition) is 1. The maximum Gasteiger partial charge on any atom is 0.0407 e. The van der Waals surface area contributed by atoms with Gasteiger partial charge in [-0.05, 0) is 42.8 Å². The van der Waals surface area contributed by atoms with E-state index in [9.17, 15) is 0 Å². The van der Waals surface area contributed by atoms with Gasteiger partial charge < -0.3 is 5.32 Å². The number of thioether (sulfide) groups is 1. The Morgan fingerprint density at radius 2 is 1.78 bits per heavy atom. The summed E-state index contributed by atoms with van der Waals surface area (Å²) in [5.41, 5.74) is 2.46.